The zero-order valence-corrected chi connectivity index (χ0v) is 19.2. The second-order valence-electron chi connectivity index (χ2n) is 8.58. The first kappa shape index (κ1) is 22.6. The summed E-state index contributed by atoms with van der Waals surface area (Å²) in [6.07, 6.45) is 1.84. The summed E-state index contributed by atoms with van der Waals surface area (Å²) in [6.45, 7) is 0.671. The third kappa shape index (κ3) is 4.59. The van der Waals surface area contributed by atoms with Crippen LogP contribution in [0.1, 0.15) is 18.0 Å². The molecule has 2 unspecified atom stereocenters. The lowest BCUT2D eigenvalue weighted by molar-refractivity contribution is -0.127. The molecule has 0 saturated carbocycles. The van der Waals surface area contributed by atoms with Gasteiger partial charge >= 0.3 is 0 Å². The molecule has 8 heteroatoms. The van der Waals surface area contributed by atoms with Crippen LogP contribution in [0, 0.1) is 11.7 Å². The van der Waals surface area contributed by atoms with E-state index in [0.717, 1.165) is 16.6 Å². The van der Waals surface area contributed by atoms with E-state index in [9.17, 15) is 14.0 Å². The average molecular weight is 473 g/mol. The number of carbonyl (C=O) groups is 2. The van der Waals surface area contributed by atoms with E-state index in [1.165, 1.54) is 12.1 Å². The summed E-state index contributed by atoms with van der Waals surface area (Å²) in [6, 6.07) is 20.7. The normalized spacial score (nSPS) is 16.5. The third-order valence-electron chi connectivity index (χ3n) is 6.37. The summed E-state index contributed by atoms with van der Waals surface area (Å²) in [5.41, 5.74) is 3.21. The predicted molar refractivity (Wildman–Crippen MR) is 130 cm³/mol. The molecule has 1 fully saturated rings. The van der Waals surface area contributed by atoms with Gasteiger partial charge < -0.3 is 19.5 Å². The van der Waals surface area contributed by atoms with Gasteiger partial charge in [-0.3, -0.25) is 9.59 Å². The number of benzene rings is 3. The molecule has 5 rings (SSSR count). The average Bonchev–Trinajstić information content (AvgIpc) is 3.47. The molecule has 2 atom stereocenters. The molecule has 1 N–H and O–H groups in total. The number of amides is 2. The highest BCUT2D eigenvalue weighted by Crippen LogP contribution is 2.33. The number of halogens is 1. The van der Waals surface area contributed by atoms with Crippen molar-refractivity contribution in [2.75, 3.05) is 18.6 Å². The Morgan fingerprint density at radius 3 is 2.66 bits per heavy atom. The van der Waals surface area contributed by atoms with Gasteiger partial charge in [-0.05, 0) is 42.0 Å². The number of nitrogens with zero attached hydrogens (tertiary/aromatic N) is 3. The van der Waals surface area contributed by atoms with E-state index in [1.54, 1.807) is 36.5 Å². The van der Waals surface area contributed by atoms with E-state index in [4.69, 9.17) is 4.74 Å². The Morgan fingerprint density at radius 1 is 1.11 bits per heavy atom. The molecule has 1 aliphatic heterocycles. The number of rotatable bonds is 7. The van der Waals surface area contributed by atoms with Gasteiger partial charge in [0.1, 0.15) is 11.6 Å². The maximum Gasteiger partial charge on any atom is 0.227 e. The molecule has 2 heterocycles. The zero-order chi connectivity index (χ0) is 24.4. The highest BCUT2D eigenvalue weighted by atomic mass is 19.1. The largest absolute Gasteiger partial charge is 0.495 e. The second-order valence-corrected chi connectivity index (χ2v) is 8.58. The number of fused-ring (bicyclic) bond motifs is 1. The Hall–Kier alpha value is -4.20. The number of methoxy groups -OCH3 is 1. The van der Waals surface area contributed by atoms with Gasteiger partial charge in [-0.15, -0.1) is 0 Å². The predicted octanol–water partition coefficient (Wildman–Crippen LogP) is 4.09. The number of para-hydroxylation sites is 4. The number of carbonyl (C=O) groups excluding carboxylic acids is 2. The molecule has 2 amide bonds. The van der Waals surface area contributed by atoms with Crippen molar-refractivity contribution in [3.8, 4) is 5.75 Å². The maximum absolute atomic E-state index is 13.6. The molecule has 0 spiro atoms. The Bertz CT molecular complexity index is 1370. The van der Waals surface area contributed by atoms with E-state index < -0.39 is 12.0 Å². The van der Waals surface area contributed by atoms with Crippen LogP contribution >= 0.6 is 0 Å². The number of ether oxygens (including phenoxy) is 1. The lowest BCUT2D eigenvalue weighted by atomic mass is 10.0. The molecule has 35 heavy (non-hydrogen) atoms. The van der Waals surface area contributed by atoms with Crippen molar-refractivity contribution >= 4 is 28.5 Å². The summed E-state index contributed by atoms with van der Waals surface area (Å²) < 4.78 is 21.0. The van der Waals surface area contributed by atoms with Crippen LogP contribution in [-0.4, -0.2) is 35.0 Å². The van der Waals surface area contributed by atoms with E-state index >= 15 is 0 Å². The van der Waals surface area contributed by atoms with Gasteiger partial charge in [-0.25, -0.2) is 9.37 Å². The minimum Gasteiger partial charge on any atom is -0.495 e. The molecular weight excluding hydrogens is 447 g/mol. The van der Waals surface area contributed by atoms with Gasteiger partial charge in [0.2, 0.25) is 11.8 Å². The minimum absolute atomic E-state index is 0.105. The van der Waals surface area contributed by atoms with Gasteiger partial charge in [0.05, 0.1) is 42.1 Å². The molecule has 0 bridgehead atoms. The highest BCUT2D eigenvalue weighted by molar-refractivity contribution is 6.01. The number of anilines is 1. The lowest BCUT2D eigenvalue weighted by Gasteiger charge is -2.23. The first-order valence-electron chi connectivity index (χ1n) is 11.4. The van der Waals surface area contributed by atoms with Crippen molar-refractivity contribution in [2.24, 2.45) is 5.92 Å². The van der Waals surface area contributed by atoms with Crippen LogP contribution in [0.4, 0.5) is 10.1 Å². The van der Waals surface area contributed by atoms with Crippen LogP contribution in [0.5, 0.6) is 5.75 Å². The smallest absolute Gasteiger partial charge is 0.227 e. The Morgan fingerprint density at radius 2 is 1.86 bits per heavy atom. The van der Waals surface area contributed by atoms with Crippen LogP contribution in [-0.2, 0) is 16.1 Å². The highest BCUT2D eigenvalue weighted by Gasteiger charge is 2.37. The van der Waals surface area contributed by atoms with Gasteiger partial charge in [-0.1, -0.05) is 36.4 Å². The molecular formula is C27H25FN4O3. The minimum atomic E-state index is -0.519. The fourth-order valence-electron chi connectivity index (χ4n) is 4.54. The Balaban J connectivity index is 1.37. The summed E-state index contributed by atoms with van der Waals surface area (Å²) in [7, 11) is 1.55. The number of hydrogen-bond acceptors (Lipinski definition) is 4. The Kier molecular flexibility index (Phi) is 6.18. The quantitative estimate of drug-likeness (QED) is 0.440. The maximum atomic E-state index is 13.6. The SMILES string of the molecule is COc1ccccc1N1CC(C(=O)NC(Cn2cnc3ccccc32)c2ccc(F)cc2)CC1=O. The van der Waals surface area contributed by atoms with Gasteiger partial charge in [0.15, 0.2) is 0 Å². The van der Waals surface area contributed by atoms with Gasteiger partial charge in [0.25, 0.3) is 0 Å². The molecule has 7 nitrogen and oxygen atoms in total. The summed E-state index contributed by atoms with van der Waals surface area (Å²) in [5.74, 6) is -0.642. The second kappa shape index (κ2) is 9.58. The number of imidazole rings is 1. The first-order valence-corrected chi connectivity index (χ1v) is 11.4. The zero-order valence-electron chi connectivity index (χ0n) is 19.2. The first-order chi connectivity index (χ1) is 17.0. The monoisotopic (exact) mass is 472 g/mol. The van der Waals surface area contributed by atoms with E-state index in [2.05, 4.69) is 10.3 Å². The van der Waals surface area contributed by atoms with Crippen molar-refractivity contribution in [3.05, 3.63) is 90.5 Å². The molecule has 3 aromatic carbocycles. The molecule has 178 valence electrons. The van der Waals surface area contributed by atoms with Crippen molar-refractivity contribution in [1.82, 2.24) is 14.9 Å². The Labute approximate surface area is 202 Å². The standard InChI is InChI=1S/C27H25FN4O3/c1-35-25-9-5-4-8-24(25)32-15-19(14-26(32)33)27(34)30-22(18-10-12-20(28)13-11-18)16-31-17-29-21-6-2-3-7-23(21)31/h2-13,17,19,22H,14-16H2,1H3,(H,30,34). The van der Waals surface area contributed by atoms with Crippen LogP contribution in [0.15, 0.2) is 79.1 Å². The van der Waals surface area contributed by atoms with Crippen LogP contribution in [0.3, 0.4) is 0 Å². The lowest BCUT2D eigenvalue weighted by Crippen LogP contribution is -2.37. The molecule has 4 aromatic rings. The fourth-order valence-corrected chi connectivity index (χ4v) is 4.54. The number of aromatic nitrogens is 2. The van der Waals surface area contributed by atoms with Crippen LogP contribution in [0.2, 0.25) is 0 Å². The van der Waals surface area contributed by atoms with Crippen molar-refractivity contribution in [1.29, 1.82) is 0 Å². The fraction of sp³-hybridized carbons (Fsp3) is 0.222. The topological polar surface area (TPSA) is 76.5 Å². The molecule has 1 aromatic heterocycles. The van der Waals surface area contributed by atoms with Gasteiger partial charge in [0, 0.05) is 19.5 Å². The molecule has 1 saturated heterocycles. The summed E-state index contributed by atoms with van der Waals surface area (Å²) >= 11 is 0. The van der Waals surface area contributed by atoms with Crippen molar-refractivity contribution < 1.29 is 18.7 Å². The van der Waals surface area contributed by atoms with Crippen molar-refractivity contribution in [2.45, 2.75) is 19.0 Å². The molecule has 0 radical (unpaired) electrons. The third-order valence-corrected chi connectivity index (χ3v) is 6.37. The van der Waals surface area contributed by atoms with Crippen LogP contribution < -0.4 is 15.0 Å². The van der Waals surface area contributed by atoms with E-state index in [-0.39, 0.29) is 30.6 Å². The van der Waals surface area contributed by atoms with Crippen molar-refractivity contribution in [3.63, 3.8) is 0 Å². The molecule has 1 aliphatic rings. The number of hydrogen-bond donors (Lipinski definition) is 1. The van der Waals surface area contributed by atoms with Gasteiger partial charge in [-0.2, -0.15) is 0 Å². The van der Waals surface area contributed by atoms with E-state index in [0.29, 0.717) is 18.0 Å². The summed E-state index contributed by atoms with van der Waals surface area (Å²) in [4.78, 5) is 32.2. The van der Waals surface area contributed by atoms with E-state index in [1.807, 2.05) is 47.0 Å². The molecule has 0 aliphatic carbocycles. The summed E-state index contributed by atoms with van der Waals surface area (Å²) in [5, 5.41) is 3.10. The number of nitrogens with one attached hydrogen (secondary N) is 1. The van der Waals surface area contributed by atoms with Crippen LogP contribution in [0.25, 0.3) is 11.0 Å².